The number of halogens is 1. The predicted octanol–water partition coefficient (Wildman–Crippen LogP) is 4.36. The van der Waals surface area contributed by atoms with Crippen LogP contribution in [0.5, 0.6) is 0 Å². The lowest BCUT2D eigenvalue weighted by molar-refractivity contribution is -0.128. The monoisotopic (exact) mass is 280 g/mol. The van der Waals surface area contributed by atoms with Gasteiger partial charge in [-0.1, -0.05) is 24.4 Å². The molecule has 1 aromatic heterocycles. The van der Waals surface area contributed by atoms with E-state index in [9.17, 15) is 4.79 Å². The molecule has 102 valence electrons. The van der Waals surface area contributed by atoms with Crippen LogP contribution in [0, 0.1) is 0 Å². The molecule has 1 aromatic carbocycles. The lowest BCUT2D eigenvalue weighted by Crippen LogP contribution is -1.91. The minimum absolute atomic E-state index is 0.500. The Morgan fingerprint density at radius 3 is 2.84 bits per heavy atom. The highest BCUT2D eigenvalue weighted by Gasteiger charge is 2.04. The second-order valence-corrected chi connectivity index (χ2v) is 4.96. The molecule has 2 rings (SSSR count). The highest BCUT2D eigenvalue weighted by atomic mass is 35.5. The fraction of sp³-hybridized carbons (Fsp3) is 0.400. The molecule has 3 nitrogen and oxygen atoms in total. The molecule has 0 unspecified atom stereocenters. The Hall–Kier alpha value is -1.48. The Balaban J connectivity index is 1.74. The number of hydrogen-bond acceptors (Lipinski definition) is 3. The average molecular weight is 281 g/mol. The van der Waals surface area contributed by atoms with Crippen molar-refractivity contribution in [3.8, 4) is 0 Å². The molecule has 0 amide bonds. The van der Waals surface area contributed by atoms with E-state index >= 15 is 0 Å². The Labute approximate surface area is 117 Å². The zero-order valence-corrected chi connectivity index (χ0v) is 11.5. The van der Waals surface area contributed by atoms with Gasteiger partial charge in [0.15, 0.2) is 0 Å². The second-order valence-electron chi connectivity index (χ2n) is 4.53. The first-order valence-electron chi connectivity index (χ1n) is 6.53. The molecule has 1 heterocycles. The Morgan fingerprint density at radius 2 is 2.00 bits per heavy atom. The summed E-state index contributed by atoms with van der Waals surface area (Å²) in [6.07, 6.45) is 5.11. The lowest BCUT2D eigenvalue weighted by Gasteiger charge is -1.99. The molecule has 0 spiro atoms. The summed E-state index contributed by atoms with van der Waals surface area (Å²) in [5.74, 6) is 1.00. The van der Waals surface area contributed by atoms with E-state index < -0.39 is 0 Å². The molecule has 4 heteroatoms. The lowest BCUT2D eigenvalue weighted by atomic mass is 10.1. The summed E-state index contributed by atoms with van der Waals surface area (Å²) < 4.78 is 10.4. The van der Waals surface area contributed by atoms with E-state index in [-0.39, 0.29) is 0 Å². The van der Waals surface area contributed by atoms with E-state index in [1.807, 2.05) is 18.2 Å². The van der Waals surface area contributed by atoms with E-state index in [0.29, 0.717) is 13.1 Å². The number of rotatable bonds is 8. The van der Waals surface area contributed by atoms with E-state index in [1.165, 1.54) is 0 Å². The van der Waals surface area contributed by atoms with Crippen LogP contribution in [0.2, 0.25) is 5.02 Å². The molecule has 0 saturated carbocycles. The number of carbonyl (C=O) groups excluding carboxylic acids is 1. The summed E-state index contributed by atoms with van der Waals surface area (Å²) in [4.78, 5) is 9.94. The zero-order chi connectivity index (χ0) is 13.5. The van der Waals surface area contributed by atoms with Crippen LogP contribution in [0.3, 0.4) is 0 Å². The maximum Gasteiger partial charge on any atom is 0.293 e. The van der Waals surface area contributed by atoms with Gasteiger partial charge in [-0.15, -0.1) is 0 Å². The molecule has 0 atom stereocenters. The molecule has 0 aliphatic carbocycles. The second kappa shape index (κ2) is 7.19. The van der Waals surface area contributed by atoms with E-state index in [2.05, 4.69) is 10.8 Å². The highest BCUT2D eigenvalue weighted by Crippen LogP contribution is 2.24. The maximum absolute atomic E-state index is 9.94. The van der Waals surface area contributed by atoms with Crippen LogP contribution in [0.1, 0.15) is 31.4 Å². The van der Waals surface area contributed by atoms with E-state index in [0.717, 1.165) is 53.9 Å². The fourth-order valence-electron chi connectivity index (χ4n) is 2.08. The topological polar surface area (TPSA) is 39.4 Å². The first kappa shape index (κ1) is 13.9. The van der Waals surface area contributed by atoms with Gasteiger partial charge in [0, 0.05) is 16.8 Å². The van der Waals surface area contributed by atoms with Crippen molar-refractivity contribution in [1.82, 2.24) is 0 Å². The number of fused-ring (bicyclic) bond motifs is 1. The molecule has 0 aliphatic rings. The minimum Gasteiger partial charge on any atom is -0.468 e. The van der Waals surface area contributed by atoms with Gasteiger partial charge in [0.2, 0.25) is 0 Å². The quantitative estimate of drug-likeness (QED) is 0.533. The predicted molar refractivity (Wildman–Crippen MR) is 75.4 cm³/mol. The third-order valence-electron chi connectivity index (χ3n) is 3.03. The van der Waals surface area contributed by atoms with Crippen molar-refractivity contribution in [3.63, 3.8) is 0 Å². The van der Waals surface area contributed by atoms with Crippen LogP contribution >= 0.6 is 11.6 Å². The molecule has 2 aromatic rings. The number of furan rings is 1. The van der Waals surface area contributed by atoms with Crippen molar-refractivity contribution in [3.05, 3.63) is 35.0 Å². The van der Waals surface area contributed by atoms with E-state index in [4.69, 9.17) is 16.0 Å². The van der Waals surface area contributed by atoms with E-state index in [1.54, 1.807) is 0 Å². The van der Waals surface area contributed by atoms with Gasteiger partial charge >= 0.3 is 0 Å². The van der Waals surface area contributed by atoms with Gasteiger partial charge in [-0.2, -0.15) is 0 Å². The van der Waals surface area contributed by atoms with Crippen molar-refractivity contribution < 1.29 is 13.9 Å². The van der Waals surface area contributed by atoms with Crippen molar-refractivity contribution in [2.45, 2.75) is 32.1 Å². The molecule has 0 bridgehead atoms. The summed E-state index contributed by atoms with van der Waals surface area (Å²) in [7, 11) is 0. The minimum atomic E-state index is 0.500. The summed E-state index contributed by atoms with van der Waals surface area (Å²) >= 11 is 5.94. The van der Waals surface area contributed by atoms with Gasteiger partial charge in [0.25, 0.3) is 6.47 Å². The van der Waals surface area contributed by atoms with Gasteiger partial charge < -0.3 is 9.15 Å². The summed E-state index contributed by atoms with van der Waals surface area (Å²) in [5, 5.41) is 1.79. The first-order valence-corrected chi connectivity index (χ1v) is 6.90. The number of carbonyl (C=O) groups is 1. The molecule has 0 saturated heterocycles. The van der Waals surface area contributed by atoms with Crippen molar-refractivity contribution in [2.75, 3.05) is 6.61 Å². The molecule has 19 heavy (non-hydrogen) atoms. The molecule has 0 fully saturated rings. The Bertz CT molecular complexity index is 533. The molecular weight excluding hydrogens is 264 g/mol. The van der Waals surface area contributed by atoms with Crippen molar-refractivity contribution in [1.29, 1.82) is 0 Å². The molecule has 0 aliphatic heterocycles. The number of ether oxygens (including phenoxy) is 1. The molecule has 0 radical (unpaired) electrons. The van der Waals surface area contributed by atoms with Gasteiger partial charge in [-0.05, 0) is 37.1 Å². The Morgan fingerprint density at radius 1 is 1.16 bits per heavy atom. The van der Waals surface area contributed by atoms with Gasteiger partial charge in [0.1, 0.15) is 11.3 Å². The largest absolute Gasteiger partial charge is 0.468 e. The number of unbranched alkanes of at least 4 members (excludes halogenated alkanes) is 3. The van der Waals surface area contributed by atoms with Crippen molar-refractivity contribution in [2.24, 2.45) is 0 Å². The van der Waals surface area contributed by atoms with Gasteiger partial charge in [-0.25, -0.2) is 0 Å². The van der Waals surface area contributed by atoms with Crippen LogP contribution in [0.25, 0.3) is 11.0 Å². The standard InChI is InChI=1S/C15H17ClO3/c16-13-6-7-15-12(9-13)10-14(19-15)5-3-1-2-4-8-18-11-17/h6-7,9-11H,1-5,8H2. The van der Waals surface area contributed by atoms with Crippen LogP contribution in [0.15, 0.2) is 28.7 Å². The van der Waals surface area contributed by atoms with Crippen LogP contribution < -0.4 is 0 Å². The third kappa shape index (κ3) is 4.28. The van der Waals surface area contributed by atoms with Crippen molar-refractivity contribution >= 4 is 29.0 Å². The molecular formula is C15H17ClO3. The van der Waals surface area contributed by atoms with Crippen LogP contribution in [0.4, 0.5) is 0 Å². The number of hydrogen-bond donors (Lipinski definition) is 0. The summed E-state index contributed by atoms with van der Waals surface area (Å²) in [6.45, 7) is 1.02. The first-order chi connectivity index (χ1) is 9.29. The summed E-state index contributed by atoms with van der Waals surface area (Å²) in [6, 6.07) is 7.71. The Kier molecular flexibility index (Phi) is 5.28. The summed E-state index contributed by atoms with van der Waals surface area (Å²) in [5.41, 5.74) is 0.888. The van der Waals surface area contributed by atoms with Crippen LogP contribution in [-0.2, 0) is 16.0 Å². The van der Waals surface area contributed by atoms with Gasteiger partial charge in [0.05, 0.1) is 6.61 Å². The number of benzene rings is 1. The fourth-order valence-corrected chi connectivity index (χ4v) is 2.26. The SMILES string of the molecule is O=COCCCCCCc1cc2cc(Cl)ccc2o1. The maximum atomic E-state index is 9.94. The molecule has 0 N–H and O–H groups in total. The zero-order valence-electron chi connectivity index (χ0n) is 10.7. The number of aryl methyl sites for hydroxylation is 1. The van der Waals surface area contributed by atoms with Gasteiger partial charge in [-0.3, -0.25) is 4.79 Å². The highest BCUT2D eigenvalue weighted by molar-refractivity contribution is 6.31. The average Bonchev–Trinajstić information content (AvgIpc) is 2.79. The van der Waals surface area contributed by atoms with Crippen LogP contribution in [-0.4, -0.2) is 13.1 Å². The third-order valence-corrected chi connectivity index (χ3v) is 3.27. The normalized spacial score (nSPS) is 10.8. The smallest absolute Gasteiger partial charge is 0.293 e.